The van der Waals surface area contributed by atoms with Crippen molar-refractivity contribution in [3.05, 3.63) is 53.6 Å². The Bertz CT molecular complexity index is 1040. The van der Waals surface area contributed by atoms with E-state index in [-0.39, 0.29) is 48.2 Å². The number of amides is 1. The lowest BCUT2D eigenvalue weighted by Crippen LogP contribution is -2.43. The quantitative estimate of drug-likeness (QED) is 0.533. The van der Waals surface area contributed by atoms with Gasteiger partial charge < -0.3 is 29.0 Å². The van der Waals surface area contributed by atoms with Gasteiger partial charge in [-0.1, -0.05) is 17.7 Å². The van der Waals surface area contributed by atoms with Crippen LogP contribution in [0.1, 0.15) is 49.2 Å². The van der Waals surface area contributed by atoms with Crippen LogP contribution in [0.25, 0.3) is 0 Å². The Hall–Kier alpha value is -3.57. The first-order valence-electron chi connectivity index (χ1n) is 12.2. The summed E-state index contributed by atoms with van der Waals surface area (Å²) in [5.74, 6) is -2.03. The van der Waals surface area contributed by atoms with Gasteiger partial charge in [0.1, 0.15) is 18.0 Å². The third-order valence-electron chi connectivity index (χ3n) is 5.47. The van der Waals surface area contributed by atoms with Crippen molar-refractivity contribution >= 4 is 17.8 Å². The van der Waals surface area contributed by atoms with Crippen LogP contribution in [0.2, 0.25) is 0 Å². The smallest absolute Gasteiger partial charge is 0.329 e. The van der Waals surface area contributed by atoms with Crippen LogP contribution < -0.4 is 14.8 Å². The molecule has 1 aliphatic rings. The molecule has 38 heavy (non-hydrogen) atoms. The normalized spacial score (nSPS) is 19.4. The highest BCUT2D eigenvalue weighted by Crippen LogP contribution is 2.29. The molecule has 0 saturated carbocycles. The van der Waals surface area contributed by atoms with E-state index >= 15 is 0 Å². The number of aryl methyl sites for hydroxylation is 1. The molecule has 10 nitrogen and oxygen atoms in total. The predicted octanol–water partition coefficient (Wildman–Crippen LogP) is 3.40. The number of pyridine rings is 1. The molecule has 0 bridgehead atoms. The number of methoxy groups -OCH3 is 2. The van der Waals surface area contributed by atoms with E-state index in [0.717, 1.165) is 5.56 Å². The summed E-state index contributed by atoms with van der Waals surface area (Å²) in [5.41, 5.74) is 0.913. The summed E-state index contributed by atoms with van der Waals surface area (Å²) in [6, 6.07) is 6.91. The zero-order chi connectivity index (χ0) is 28.1. The van der Waals surface area contributed by atoms with E-state index in [1.54, 1.807) is 26.2 Å². The zero-order valence-electron chi connectivity index (χ0n) is 22.3. The van der Waals surface area contributed by atoms with Gasteiger partial charge in [-0.25, -0.2) is 14.2 Å². The lowest BCUT2D eigenvalue weighted by molar-refractivity contribution is -0.151. The largest absolute Gasteiger partial charge is 0.493 e. The molecule has 1 saturated heterocycles. The molecule has 2 heterocycles. The molecule has 208 valence electrons. The number of carbonyl (C=O) groups excluding carboxylic acids is 3. The number of nitrogens with one attached hydrogen (secondary N) is 1. The highest BCUT2D eigenvalue weighted by atomic mass is 19.1. The van der Waals surface area contributed by atoms with Gasteiger partial charge in [0.15, 0.2) is 11.4 Å². The second-order valence-electron chi connectivity index (χ2n) is 8.65. The Labute approximate surface area is 221 Å². The molecule has 1 amide bonds. The molecular formula is C27H35FN2O8. The van der Waals surface area contributed by atoms with E-state index in [4.69, 9.17) is 23.7 Å². The van der Waals surface area contributed by atoms with Gasteiger partial charge in [-0.15, -0.1) is 0 Å². The molecule has 2 unspecified atom stereocenters. The van der Waals surface area contributed by atoms with Gasteiger partial charge in [-0.3, -0.25) is 9.59 Å². The molecule has 11 heteroatoms. The van der Waals surface area contributed by atoms with Crippen LogP contribution in [-0.4, -0.2) is 68.5 Å². The first kappa shape index (κ1) is 30.7. The average molecular weight is 535 g/mol. The number of cyclic esters (lactones) is 1. The van der Waals surface area contributed by atoms with Gasteiger partial charge in [0, 0.05) is 52.4 Å². The number of benzene rings is 1. The molecule has 1 aliphatic heterocycles. The molecule has 0 radical (unpaired) electrons. The standard InChI is InChI=1S/C20H28N2O8.C7H7F/c1-12-11-14(6-9-26-3)28-10-7-15(20(25)29-12)22-19(24)17-18(30-13(2)23)16(27-4)5-8-21-17;1-6-2-4-7(8)5-3-6/h5,8,12,14-15H,6-7,9-11H2,1-4H3,(H,22,24);2-5H,1H3/t12?,14?,15-;/m0./s1. The minimum atomic E-state index is -0.945. The minimum Gasteiger partial charge on any atom is -0.493 e. The molecule has 1 aromatic heterocycles. The monoisotopic (exact) mass is 534 g/mol. The second-order valence-corrected chi connectivity index (χ2v) is 8.65. The van der Waals surface area contributed by atoms with Crippen LogP contribution in [0.15, 0.2) is 36.5 Å². The maximum Gasteiger partial charge on any atom is 0.329 e. The number of hydrogen-bond donors (Lipinski definition) is 1. The van der Waals surface area contributed by atoms with Crippen LogP contribution in [-0.2, 0) is 23.8 Å². The van der Waals surface area contributed by atoms with Gasteiger partial charge in [-0.05, 0) is 32.4 Å². The minimum absolute atomic E-state index is 0.113. The average Bonchev–Trinajstić information content (AvgIpc) is 2.93. The SMILES string of the molecule is COCCC1CC(C)OC(=O)[C@@H](NC(=O)c2nccc(OC)c2OC(C)=O)CCO1.Cc1ccc(F)cc1. The third-order valence-corrected chi connectivity index (χ3v) is 5.47. The molecule has 2 aromatic rings. The number of rotatable bonds is 7. The van der Waals surface area contributed by atoms with Crippen LogP contribution in [0.5, 0.6) is 11.5 Å². The van der Waals surface area contributed by atoms with E-state index in [1.165, 1.54) is 38.4 Å². The zero-order valence-corrected chi connectivity index (χ0v) is 22.3. The van der Waals surface area contributed by atoms with Crippen molar-refractivity contribution in [1.82, 2.24) is 10.3 Å². The van der Waals surface area contributed by atoms with Gasteiger partial charge >= 0.3 is 11.9 Å². The number of aromatic nitrogens is 1. The summed E-state index contributed by atoms with van der Waals surface area (Å²) >= 11 is 0. The summed E-state index contributed by atoms with van der Waals surface area (Å²) in [5, 5.41) is 2.60. The van der Waals surface area contributed by atoms with E-state index in [2.05, 4.69) is 10.3 Å². The maximum atomic E-state index is 12.8. The van der Waals surface area contributed by atoms with Crippen LogP contribution in [0.4, 0.5) is 4.39 Å². The molecule has 3 atom stereocenters. The van der Waals surface area contributed by atoms with Crippen molar-refractivity contribution in [3.8, 4) is 11.5 Å². The lowest BCUT2D eigenvalue weighted by atomic mass is 10.1. The fraction of sp³-hybridized carbons (Fsp3) is 0.481. The van der Waals surface area contributed by atoms with Crippen molar-refractivity contribution < 1.29 is 42.5 Å². The maximum absolute atomic E-state index is 12.8. The van der Waals surface area contributed by atoms with Gasteiger partial charge in [0.2, 0.25) is 5.75 Å². The van der Waals surface area contributed by atoms with E-state index < -0.39 is 23.9 Å². The highest BCUT2D eigenvalue weighted by Gasteiger charge is 2.30. The second kappa shape index (κ2) is 15.6. The van der Waals surface area contributed by atoms with Crippen LogP contribution in [0.3, 0.4) is 0 Å². The lowest BCUT2D eigenvalue weighted by Gasteiger charge is -2.20. The number of nitrogens with zero attached hydrogens (tertiary/aromatic N) is 1. The highest BCUT2D eigenvalue weighted by molar-refractivity contribution is 5.98. The van der Waals surface area contributed by atoms with Crippen molar-refractivity contribution in [1.29, 1.82) is 0 Å². The first-order valence-corrected chi connectivity index (χ1v) is 12.2. The Morgan fingerprint density at radius 3 is 2.50 bits per heavy atom. The number of hydrogen-bond acceptors (Lipinski definition) is 9. The Balaban J connectivity index is 0.000000538. The predicted molar refractivity (Wildman–Crippen MR) is 136 cm³/mol. The summed E-state index contributed by atoms with van der Waals surface area (Å²) in [6.07, 6.45) is 2.27. The third kappa shape index (κ3) is 10.1. The molecule has 1 fully saturated rings. The van der Waals surface area contributed by atoms with Gasteiger partial charge in [-0.2, -0.15) is 0 Å². The van der Waals surface area contributed by atoms with Gasteiger partial charge in [0.25, 0.3) is 5.91 Å². The summed E-state index contributed by atoms with van der Waals surface area (Å²) in [6.45, 7) is 5.69. The van der Waals surface area contributed by atoms with Crippen LogP contribution in [0, 0.1) is 12.7 Å². The van der Waals surface area contributed by atoms with E-state index in [1.807, 2.05) is 6.92 Å². The molecule has 3 rings (SSSR count). The summed E-state index contributed by atoms with van der Waals surface area (Å²) < 4.78 is 38.7. The molecular weight excluding hydrogens is 499 g/mol. The van der Waals surface area contributed by atoms with Gasteiger partial charge in [0.05, 0.1) is 13.2 Å². The van der Waals surface area contributed by atoms with Crippen molar-refractivity contribution in [2.24, 2.45) is 0 Å². The molecule has 1 N–H and O–H groups in total. The fourth-order valence-corrected chi connectivity index (χ4v) is 3.57. The van der Waals surface area contributed by atoms with Crippen molar-refractivity contribution in [2.75, 3.05) is 27.4 Å². The van der Waals surface area contributed by atoms with E-state index in [9.17, 15) is 18.8 Å². The Morgan fingerprint density at radius 1 is 1.18 bits per heavy atom. The number of carbonyl (C=O) groups is 3. The Kier molecular flexibility index (Phi) is 12.6. The molecule has 1 aromatic carbocycles. The summed E-state index contributed by atoms with van der Waals surface area (Å²) in [7, 11) is 2.99. The fourth-order valence-electron chi connectivity index (χ4n) is 3.57. The molecule has 0 spiro atoms. The Morgan fingerprint density at radius 2 is 1.89 bits per heavy atom. The van der Waals surface area contributed by atoms with Crippen molar-refractivity contribution in [2.45, 2.75) is 58.3 Å². The van der Waals surface area contributed by atoms with Crippen molar-refractivity contribution in [3.63, 3.8) is 0 Å². The van der Waals surface area contributed by atoms with Crippen LogP contribution >= 0.6 is 0 Å². The van der Waals surface area contributed by atoms with E-state index in [0.29, 0.717) is 19.4 Å². The number of esters is 2. The number of halogens is 1. The molecule has 0 aliphatic carbocycles. The summed E-state index contributed by atoms with van der Waals surface area (Å²) in [4.78, 5) is 40.8. The topological polar surface area (TPSA) is 122 Å². The number of ether oxygens (including phenoxy) is 5. The first-order chi connectivity index (χ1) is 18.1.